The number of halogens is 1. The van der Waals surface area contributed by atoms with Crippen LogP contribution in [0.5, 0.6) is 0 Å². The molecule has 0 amide bonds. The summed E-state index contributed by atoms with van der Waals surface area (Å²) in [5, 5.41) is 3.32. The zero-order chi connectivity index (χ0) is 15.5. The Morgan fingerprint density at radius 2 is 1.76 bits per heavy atom. The van der Waals surface area contributed by atoms with Gasteiger partial charge in [-0.1, -0.05) is 38.8 Å². The molecule has 2 nitrogen and oxygen atoms in total. The number of unbranched alkanes of at least 4 members (excludes halogenated alkanes) is 2. The van der Waals surface area contributed by atoms with Gasteiger partial charge in [0.15, 0.2) is 0 Å². The van der Waals surface area contributed by atoms with E-state index in [1.807, 2.05) is 13.1 Å². The Labute approximate surface area is 129 Å². The number of hydrogen-bond donors (Lipinski definition) is 1. The summed E-state index contributed by atoms with van der Waals surface area (Å²) in [4.78, 5) is 2.55. The first-order chi connectivity index (χ1) is 10.2. The van der Waals surface area contributed by atoms with Crippen molar-refractivity contribution in [3.63, 3.8) is 0 Å². The molecule has 1 aromatic carbocycles. The number of nitrogens with zero attached hydrogens (tertiary/aromatic N) is 1. The van der Waals surface area contributed by atoms with E-state index >= 15 is 0 Å². The van der Waals surface area contributed by atoms with Crippen LogP contribution in [-0.2, 0) is 0 Å². The normalized spacial score (nSPS) is 12.8. The maximum Gasteiger partial charge on any atom is 0.123 e. The highest BCUT2D eigenvalue weighted by atomic mass is 19.1. The lowest BCUT2D eigenvalue weighted by Crippen LogP contribution is -2.30. The molecule has 1 atom stereocenters. The number of hydrogen-bond acceptors (Lipinski definition) is 2. The Morgan fingerprint density at radius 3 is 2.29 bits per heavy atom. The van der Waals surface area contributed by atoms with Gasteiger partial charge in [0.25, 0.3) is 0 Å². The molecule has 0 saturated heterocycles. The Bertz CT molecular complexity index is 373. The summed E-state index contributed by atoms with van der Waals surface area (Å²) in [6, 6.07) is 7.17. The molecule has 0 heterocycles. The second-order valence-corrected chi connectivity index (χ2v) is 5.73. The lowest BCUT2D eigenvalue weighted by molar-refractivity contribution is 0.251. The van der Waals surface area contributed by atoms with Crippen molar-refractivity contribution in [3.05, 3.63) is 35.6 Å². The third kappa shape index (κ3) is 7.05. The summed E-state index contributed by atoms with van der Waals surface area (Å²) in [6.07, 6.45) is 6.01. The topological polar surface area (TPSA) is 15.3 Å². The standard InChI is InChI=1S/C18H31FN2/c1-4-6-12-21(13-7-5-2)14-11-18(20-3)16-9-8-10-17(19)15-16/h8-10,15,18,20H,4-7,11-14H2,1-3H3. The number of rotatable bonds is 11. The van der Waals surface area contributed by atoms with Crippen LogP contribution in [0.1, 0.15) is 57.6 Å². The highest BCUT2D eigenvalue weighted by Gasteiger charge is 2.12. The molecule has 1 rings (SSSR count). The first-order valence-corrected chi connectivity index (χ1v) is 8.36. The molecule has 1 aromatic rings. The second-order valence-electron chi connectivity index (χ2n) is 5.73. The van der Waals surface area contributed by atoms with Gasteiger partial charge in [-0.3, -0.25) is 0 Å². The van der Waals surface area contributed by atoms with Gasteiger partial charge in [0.05, 0.1) is 0 Å². The van der Waals surface area contributed by atoms with Gasteiger partial charge in [0, 0.05) is 6.04 Å². The van der Waals surface area contributed by atoms with Crippen LogP contribution < -0.4 is 5.32 Å². The third-order valence-corrected chi connectivity index (χ3v) is 3.99. The van der Waals surface area contributed by atoms with Crippen molar-refractivity contribution in [1.29, 1.82) is 0 Å². The minimum Gasteiger partial charge on any atom is -0.313 e. The van der Waals surface area contributed by atoms with Crippen LogP contribution in [0.25, 0.3) is 0 Å². The van der Waals surface area contributed by atoms with E-state index in [0.717, 1.165) is 18.5 Å². The zero-order valence-electron chi connectivity index (χ0n) is 13.9. The molecular weight excluding hydrogens is 263 g/mol. The predicted octanol–water partition coefficient (Wildman–Crippen LogP) is 4.38. The first-order valence-electron chi connectivity index (χ1n) is 8.36. The van der Waals surface area contributed by atoms with Crippen LogP contribution in [-0.4, -0.2) is 31.6 Å². The molecule has 0 radical (unpaired) electrons. The van der Waals surface area contributed by atoms with Crippen LogP contribution in [0.4, 0.5) is 4.39 Å². The Kier molecular flexibility index (Phi) is 9.27. The summed E-state index contributed by atoms with van der Waals surface area (Å²) in [7, 11) is 1.96. The van der Waals surface area contributed by atoms with Crippen molar-refractivity contribution in [3.8, 4) is 0 Å². The Morgan fingerprint density at radius 1 is 1.10 bits per heavy atom. The van der Waals surface area contributed by atoms with Gasteiger partial charge in [0.2, 0.25) is 0 Å². The van der Waals surface area contributed by atoms with Crippen LogP contribution in [0.3, 0.4) is 0 Å². The molecule has 0 saturated carbocycles. The largest absolute Gasteiger partial charge is 0.313 e. The monoisotopic (exact) mass is 294 g/mol. The molecule has 1 unspecified atom stereocenters. The van der Waals surface area contributed by atoms with E-state index in [0.29, 0.717) is 0 Å². The molecule has 0 fully saturated rings. The maximum atomic E-state index is 13.4. The molecule has 0 aromatic heterocycles. The molecule has 0 bridgehead atoms. The zero-order valence-corrected chi connectivity index (χ0v) is 13.9. The molecule has 120 valence electrons. The highest BCUT2D eigenvalue weighted by molar-refractivity contribution is 5.20. The van der Waals surface area contributed by atoms with Crippen molar-refractivity contribution in [2.24, 2.45) is 0 Å². The van der Waals surface area contributed by atoms with E-state index in [2.05, 4.69) is 24.1 Å². The molecular formula is C18H31FN2. The van der Waals surface area contributed by atoms with E-state index in [1.54, 1.807) is 12.1 Å². The minimum atomic E-state index is -0.151. The summed E-state index contributed by atoms with van der Waals surface area (Å²) < 4.78 is 13.4. The van der Waals surface area contributed by atoms with Crippen LogP contribution in [0.2, 0.25) is 0 Å². The quantitative estimate of drug-likeness (QED) is 0.651. The van der Waals surface area contributed by atoms with Gasteiger partial charge >= 0.3 is 0 Å². The lowest BCUT2D eigenvalue weighted by Gasteiger charge is -2.25. The van der Waals surface area contributed by atoms with E-state index in [9.17, 15) is 4.39 Å². The Balaban J connectivity index is 2.53. The van der Waals surface area contributed by atoms with Crippen molar-refractivity contribution in [2.45, 2.75) is 52.0 Å². The average Bonchev–Trinajstić information content (AvgIpc) is 2.50. The molecule has 21 heavy (non-hydrogen) atoms. The van der Waals surface area contributed by atoms with E-state index in [1.165, 1.54) is 44.8 Å². The Hall–Kier alpha value is -0.930. The number of benzene rings is 1. The molecule has 0 spiro atoms. The van der Waals surface area contributed by atoms with Crippen molar-refractivity contribution in [2.75, 3.05) is 26.7 Å². The van der Waals surface area contributed by atoms with Crippen molar-refractivity contribution in [1.82, 2.24) is 10.2 Å². The van der Waals surface area contributed by atoms with Gasteiger partial charge in [-0.25, -0.2) is 4.39 Å². The molecule has 0 aliphatic heterocycles. The minimum absolute atomic E-state index is 0.151. The van der Waals surface area contributed by atoms with Crippen LogP contribution in [0.15, 0.2) is 24.3 Å². The van der Waals surface area contributed by atoms with Crippen molar-refractivity contribution >= 4 is 0 Å². The molecule has 0 aliphatic carbocycles. The molecule has 1 N–H and O–H groups in total. The van der Waals surface area contributed by atoms with Crippen molar-refractivity contribution < 1.29 is 4.39 Å². The summed E-state index contributed by atoms with van der Waals surface area (Å²) >= 11 is 0. The highest BCUT2D eigenvalue weighted by Crippen LogP contribution is 2.18. The fourth-order valence-corrected chi connectivity index (χ4v) is 2.61. The number of nitrogens with one attached hydrogen (secondary N) is 1. The summed E-state index contributed by atoms with van der Waals surface area (Å²) in [5.74, 6) is -0.151. The van der Waals surface area contributed by atoms with E-state index in [4.69, 9.17) is 0 Å². The third-order valence-electron chi connectivity index (χ3n) is 3.99. The SMILES string of the molecule is CCCCN(CCCC)CCC(NC)c1cccc(F)c1. The van der Waals surface area contributed by atoms with Crippen LogP contribution >= 0.6 is 0 Å². The van der Waals surface area contributed by atoms with Gasteiger partial charge < -0.3 is 10.2 Å². The van der Waals surface area contributed by atoms with Crippen LogP contribution in [0, 0.1) is 5.82 Å². The lowest BCUT2D eigenvalue weighted by atomic mass is 10.0. The van der Waals surface area contributed by atoms with E-state index < -0.39 is 0 Å². The second kappa shape index (κ2) is 10.7. The van der Waals surface area contributed by atoms with E-state index in [-0.39, 0.29) is 11.9 Å². The molecule has 3 heteroatoms. The maximum absolute atomic E-state index is 13.4. The fourth-order valence-electron chi connectivity index (χ4n) is 2.61. The van der Waals surface area contributed by atoms with Gasteiger partial charge in [-0.2, -0.15) is 0 Å². The van der Waals surface area contributed by atoms with Gasteiger partial charge in [-0.05, 0) is 63.6 Å². The summed E-state index contributed by atoms with van der Waals surface area (Å²) in [6.45, 7) is 7.90. The summed E-state index contributed by atoms with van der Waals surface area (Å²) in [5.41, 5.74) is 1.04. The fraction of sp³-hybridized carbons (Fsp3) is 0.667. The van der Waals surface area contributed by atoms with Gasteiger partial charge in [-0.15, -0.1) is 0 Å². The first kappa shape index (κ1) is 18.1. The smallest absolute Gasteiger partial charge is 0.123 e. The van der Waals surface area contributed by atoms with Gasteiger partial charge in [0.1, 0.15) is 5.82 Å². The predicted molar refractivity (Wildman–Crippen MR) is 89.1 cm³/mol. The average molecular weight is 294 g/mol. The molecule has 0 aliphatic rings.